The molecule has 0 bridgehead atoms. The van der Waals surface area contributed by atoms with Gasteiger partial charge in [0.15, 0.2) is 0 Å². The molecule has 1 aromatic rings. The molecule has 154 valence electrons. The summed E-state index contributed by atoms with van der Waals surface area (Å²) in [6, 6.07) is 5.05. The van der Waals surface area contributed by atoms with Gasteiger partial charge in [-0.15, -0.1) is 0 Å². The van der Waals surface area contributed by atoms with Crippen LogP contribution in [0, 0.1) is 0 Å². The van der Waals surface area contributed by atoms with E-state index in [2.05, 4.69) is 5.32 Å². The predicted octanol–water partition coefficient (Wildman–Crippen LogP) is 1.77. The Morgan fingerprint density at radius 2 is 1.93 bits per heavy atom. The molecule has 1 aromatic carbocycles. The maximum absolute atomic E-state index is 12.6. The van der Waals surface area contributed by atoms with E-state index in [9.17, 15) is 14.4 Å². The van der Waals surface area contributed by atoms with Gasteiger partial charge < -0.3 is 24.4 Å². The van der Waals surface area contributed by atoms with E-state index in [4.69, 9.17) is 14.2 Å². The zero-order chi connectivity index (χ0) is 20.5. The number of rotatable bonds is 8. The molecule has 1 fully saturated rings. The van der Waals surface area contributed by atoms with Crippen LogP contribution >= 0.6 is 0 Å². The number of likely N-dealkylation sites (tertiary alicyclic amines) is 1. The summed E-state index contributed by atoms with van der Waals surface area (Å²) in [4.78, 5) is 37.3. The second kappa shape index (κ2) is 10.5. The van der Waals surface area contributed by atoms with Gasteiger partial charge in [0.1, 0.15) is 17.6 Å². The van der Waals surface area contributed by atoms with Gasteiger partial charge in [0, 0.05) is 39.4 Å². The lowest BCUT2D eigenvalue weighted by Crippen LogP contribution is -2.40. The van der Waals surface area contributed by atoms with Crippen molar-refractivity contribution in [1.29, 1.82) is 0 Å². The summed E-state index contributed by atoms with van der Waals surface area (Å²) >= 11 is 0. The monoisotopic (exact) mass is 392 g/mol. The first-order valence-corrected chi connectivity index (χ1v) is 9.48. The van der Waals surface area contributed by atoms with Crippen molar-refractivity contribution in [2.75, 3.05) is 33.4 Å². The van der Waals surface area contributed by atoms with Crippen molar-refractivity contribution in [3.8, 4) is 11.5 Å². The van der Waals surface area contributed by atoms with Crippen LogP contribution in [0.1, 0.15) is 43.5 Å². The minimum atomic E-state index is -0.359. The van der Waals surface area contributed by atoms with E-state index in [1.807, 2.05) is 0 Å². The van der Waals surface area contributed by atoms with E-state index in [1.165, 1.54) is 7.11 Å². The Bertz CT molecular complexity index is 698. The van der Waals surface area contributed by atoms with Crippen LogP contribution in [0.15, 0.2) is 18.2 Å². The van der Waals surface area contributed by atoms with Crippen molar-refractivity contribution in [3.05, 3.63) is 23.8 Å². The fourth-order valence-corrected chi connectivity index (χ4v) is 2.99. The Balaban J connectivity index is 2.01. The molecule has 1 N–H and O–H groups in total. The zero-order valence-corrected chi connectivity index (χ0v) is 16.7. The third kappa shape index (κ3) is 6.14. The number of ether oxygens (including phenoxy) is 3. The summed E-state index contributed by atoms with van der Waals surface area (Å²) in [7, 11) is 1.52. The summed E-state index contributed by atoms with van der Waals surface area (Å²) < 4.78 is 16.1. The molecule has 1 aliphatic heterocycles. The molecule has 0 aliphatic carbocycles. The Kier molecular flexibility index (Phi) is 8.10. The summed E-state index contributed by atoms with van der Waals surface area (Å²) in [5.41, 5.74) is 0.345. The quantitative estimate of drug-likeness (QED) is 0.678. The molecular weight excluding hydrogens is 364 g/mol. The first kappa shape index (κ1) is 21.5. The normalized spacial score (nSPS) is 14.3. The zero-order valence-electron chi connectivity index (χ0n) is 16.7. The van der Waals surface area contributed by atoms with Crippen LogP contribution < -0.4 is 14.8 Å². The van der Waals surface area contributed by atoms with Crippen LogP contribution in [0.4, 0.5) is 0 Å². The van der Waals surface area contributed by atoms with E-state index in [0.29, 0.717) is 49.6 Å². The van der Waals surface area contributed by atoms with Crippen LogP contribution in [0.25, 0.3) is 0 Å². The third-order valence-corrected chi connectivity index (χ3v) is 4.53. The van der Waals surface area contributed by atoms with Gasteiger partial charge in [0.25, 0.3) is 5.91 Å². The molecule has 1 heterocycles. The molecule has 1 saturated heterocycles. The predicted molar refractivity (Wildman–Crippen MR) is 102 cm³/mol. The number of carbonyl (C=O) groups excluding carboxylic acids is 3. The molecule has 1 aliphatic rings. The highest BCUT2D eigenvalue weighted by Crippen LogP contribution is 2.27. The SMILES string of the molecule is CCOC(=O)CCNC(=O)c1cc(OC)ccc1OC1CCN(C(C)=O)CC1. The standard InChI is InChI=1S/C20H28N2O6/c1-4-27-19(24)7-10-21-20(25)17-13-16(26-3)5-6-18(17)28-15-8-11-22(12-9-15)14(2)23/h5-6,13,15H,4,7-12H2,1-3H3,(H,21,25). The maximum atomic E-state index is 12.6. The van der Waals surface area contributed by atoms with Crippen molar-refractivity contribution in [2.24, 2.45) is 0 Å². The van der Waals surface area contributed by atoms with E-state index >= 15 is 0 Å². The van der Waals surface area contributed by atoms with Crippen molar-refractivity contribution >= 4 is 17.8 Å². The highest BCUT2D eigenvalue weighted by atomic mass is 16.5. The molecule has 28 heavy (non-hydrogen) atoms. The van der Waals surface area contributed by atoms with Crippen molar-refractivity contribution < 1.29 is 28.6 Å². The number of amides is 2. The fourth-order valence-electron chi connectivity index (χ4n) is 2.99. The summed E-state index contributed by atoms with van der Waals surface area (Å²) in [6.45, 7) is 5.05. The lowest BCUT2D eigenvalue weighted by atomic mass is 10.1. The van der Waals surface area contributed by atoms with Gasteiger partial charge in [-0.05, 0) is 25.1 Å². The second-order valence-electron chi connectivity index (χ2n) is 6.50. The van der Waals surface area contributed by atoms with Gasteiger partial charge in [0.2, 0.25) is 5.91 Å². The number of methoxy groups -OCH3 is 1. The van der Waals surface area contributed by atoms with Gasteiger partial charge >= 0.3 is 5.97 Å². The average Bonchev–Trinajstić information content (AvgIpc) is 2.68. The summed E-state index contributed by atoms with van der Waals surface area (Å²) in [5.74, 6) is 0.344. The molecule has 0 spiro atoms. The number of carbonyl (C=O) groups is 3. The number of nitrogens with zero attached hydrogens (tertiary/aromatic N) is 1. The van der Waals surface area contributed by atoms with Crippen LogP contribution in [0.3, 0.4) is 0 Å². The first-order chi connectivity index (χ1) is 13.4. The number of benzene rings is 1. The van der Waals surface area contributed by atoms with Crippen LogP contribution in [0.5, 0.6) is 11.5 Å². The lowest BCUT2D eigenvalue weighted by Gasteiger charge is -2.31. The summed E-state index contributed by atoms with van der Waals surface area (Å²) in [6.07, 6.45) is 1.43. The molecule has 8 heteroatoms. The Labute approximate surface area is 165 Å². The smallest absolute Gasteiger partial charge is 0.307 e. The van der Waals surface area contributed by atoms with Crippen molar-refractivity contribution in [1.82, 2.24) is 10.2 Å². The number of hydrogen-bond donors (Lipinski definition) is 1. The van der Waals surface area contributed by atoms with E-state index in [0.717, 1.165) is 0 Å². The molecule has 2 rings (SSSR count). The topological polar surface area (TPSA) is 94.2 Å². The lowest BCUT2D eigenvalue weighted by molar-refractivity contribution is -0.142. The summed E-state index contributed by atoms with van der Waals surface area (Å²) in [5, 5.41) is 2.71. The molecule has 8 nitrogen and oxygen atoms in total. The molecule has 0 saturated carbocycles. The minimum Gasteiger partial charge on any atom is -0.497 e. The first-order valence-electron chi connectivity index (χ1n) is 9.48. The molecular formula is C20H28N2O6. The molecule has 0 aromatic heterocycles. The Morgan fingerprint density at radius 3 is 2.54 bits per heavy atom. The van der Waals surface area contributed by atoms with Crippen LogP contribution in [0.2, 0.25) is 0 Å². The van der Waals surface area contributed by atoms with Crippen molar-refractivity contribution in [2.45, 2.75) is 39.2 Å². The number of esters is 1. The molecule has 0 radical (unpaired) electrons. The Morgan fingerprint density at radius 1 is 1.21 bits per heavy atom. The van der Waals surface area contributed by atoms with Gasteiger partial charge in [-0.1, -0.05) is 0 Å². The average molecular weight is 392 g/mol. The van der Waals surface area contributed by atoms with Crippen LogP contribution in [-0.2, 0) is 14.3 Å². The van der Waals surface area contributed by atoms with Crippen molar-refractivity contribution in [3.63, 3.8) is 0 Å². The van der Waals surface area contributed by atoms with E-state index in [-0.39, 0.29) is 36.9 Å². The third-order valence-electron chi connectivity index (χ3n) is 4.53. The van der Waals surface area contributed by atoms with Gasteiger partial charge in [0.05, 0.1) is 25.7 Å². The molecule has 0 atom stereocenters. The number of nitrogens with one attached hydrogen (secondary N) is 1. The second-order valence-corrected chi connectivity index (χ2v) is 6.50. The highest BCUT2D eigenvalue weighted by molar-refractivity contribution is 5.97. The maximum Gasteiger partial charge on any atom is 0.307 e. The molecule has 0 unspecified atom stereocenters. The fraction of sp³-hybridized carbons (Fsp3) is 0.550. The van der Waals surface area contributed by atoms with Crippen LogP contribution in [-0.4, -0.2) is 62.1 Å². The van der Waals surface area contributed by atoms with E-state index in [1.54, 1.807) is 36.9 Å². The highest BCUT2D eigenvalue weighted by Gasteiger charge is 2.24. The van der Waals surface area contributed by atoms with E-state index < -0.39 is 0 Å². The minimum absolute atomic E-state index is 0.0598. The Hall–Kier alpha value is -2.77. The molecule has 2 amide bonds. The van der Waals surface area contributed by atoms with Gasteiger partial charge in [-0.3, -0.25) is 14.4 Å². The largest absolute Gasteiger partial charge is 0.497 e. The van der Waals surface area contributed by atoms with Gasteiger partial charge in [-0.2, -0.15) is 0 Å². The number of hydrogen-bond acceptors (Lipinski definition) is 6. The number of piperidine rings is 1. The van der Waals surface area contributed by atoms with Gasteiger partial charge in [-0.25, -0.2) is 0 Å².